The van der Waals surface area contributed by atoms with Crippen LogP contribution in [0.15, 0.2) is 30.3 Å². The van der Waals surface area contributed by atoms with E-state index in [0.29, 0.717) is 12.8 Å². The molecule has 0 heterocycles. The zero-order valence-electron chi connectivity index (χ0n) is 10.8. The summed E-state index contributed by atoms with van der Waals surface area (Å²) in [6.45, 7) is 0.340. The van der Waals surface area contributed by atoms with Crippen LogP contribution in [0.4, 0.5) is 0 Å². The molecule has 7 heteroatoms. The number of carbonyl (C=O) groups excluding carboxylic acids is 1. The quantitative estimate of drug-likeness (QED) is 0.289. The van der Waals surface area contributed by atoms with Gasteiger partial charge >= 0.3 is 5.97 Å². The van der Waals surface area contributed by atoms with Gasteiger partial charge in [0.05, 0.1) is 18.6 Å². The number of ether oxygens (including phenoxy) is 1. The van der Waals surface area contributed by atoms with Crippen LogP contribution in [0.5, 0.6) is 5.75 Å². The van der Waals surface area contributed by atoms with Crippen LogP contribution < -0.4 is 0 Å². The molecule has 0 spiro atoms. The van der Waals surface area contributed by atoms with E-state index < -0.39 is 5.97 Å². The maximum atomic E-state index is 11.3. The average Bonchev–Trinajstić information content (AvgIpc) is 2.41. The highest BCUT2D eigenvalue weighted by Gasteiger charge is 1.98. The maximum absolute atomic E-state index is 11.3. The van der Waals surface area contributed by atoms with Gasteiger partial charge in [0.2, 0.25) is 0 Å². The van der Waals surface area contributed by atoms with Crippen molar-refractivity contribution < 1.29 is 29.9 Å². The first-order valence-electron chi connectivity index (χ1n) is 6.02. The zero-order chi connectivity index (χ0) is 14.8. The summed E-state index contributed by atoms with van der Waals surface area (Å²) >= 11 is 0. The molecule has 0 aromatic heterocycles. The largest absolute Gasteiger partial charge is 0.508 e. The third kappa shape index (κ3) is 7.49. The number of aromatic hydroxyl groups is 1. The van der Waals surface area contributed by atoms with Crippen molar-refractivity contribution in [2.75, 3.05) is 13.2 Å². The number of phenolic OH excluding ortho intramolecular Hbond substituents is 1. The maximum Gasteiger partial charge on any atom is 0.330 e. The van der Waals surface area contributed by atoms with E-state index in [1.807, 2.05) is 0 Å². The number of nitrogens with zero attached hydrogens (tertiary/aromatic N) is 1. The summed E-state index contributed by atoms with van der Waals surface area (Å²) in [5.41, 5.74) is 0.777. The number of phenols is 1. The summed E-state index contributed by atoms with van der Waals surface area (Å²) in [5.74, 6) is -0.304. The summed E-state index contributed by atoms with van der Waals surface area (Å²) in [6, 6.07) is 6.39. The highest BCUT2D eigenvalue weighted by molar-refractivity contribution is 5.87. The third-order valence-corrected chi connectivity index (χ3v) is 2.29. The fraction of sp³-hybridized carbons (Fsp3) is 0.308. The van der Waals surface area contributed by atoms with Gasteiger partial charge in [-0.2, -0.15) is 0 Å². The molecule has 0 unspecified atom stereocenters. The van der Waals surface area contributed by atoms with Crippen molar-refractivity contribution in [2.45, 2.75) is 12.8 Å². The first-order chi connectivity index (χ1) is 9.58. The lowest BCUT2D eigenvalue weighted by molar-refractivity contribution is -0.492. The van der Waals surface area contributed by atoms with Crippen molar-refractivity contribution in [3.05, 3.63) is 35.9 Å². The smallest absolute Gasteiger partial charge is 0.330 e. The molecule has 0 aliphatic rings. The average molecular weight is 283 g/mol. The normalized spacial score (nSPS) is 11.2. The molecule has 0 aliphatic heterocycles. The van der Waals surface area contributed by atoms with E-state index in [2.05, 4.69) is 4.84 Å². The predicted molar refractivity (Wildman–Crippen MR) is 68.7 cm³/mol. The Balaban J connectivity index is 2.15. The Hall–Kier alpha value is -1.93. The van der Waals surface area contributed by atoms with Gasteiger partial charge in [-0.3, -0.25) is 15.3 Å². The van der Waals surface area contributed by atoms with Gasteiger partial charge in [-0.1, -0.05) is 12.1 Å². The Kier molecular flexibility index (Phi) is 7.30. The number of carbonyl (C=O) groups is 1. The SMILES string of the molecule is O=C(/C=C/c1ccc(O)cc1)OCCCCON(O)O. The third-order valence-electron chi connectivity index (χ3n) is 2.29. The van der Waals surface area contributed by atoms with Crippen molar-refractivity contribution >= 4 is 12.0 Å². The number of hydrogen-bond donors (Lipinski definition) is 3. The van der Waals surface area contributed by atoms with Crippen LogP contribution in [-0.4, -0.2) is 40.1 Å². The number of hydrogen-bond acceptors (Lipinski definition) is 7. The molecule has 1 aromatic rings. The lowest BCUT2D eigenvalue weighted by Crippen LogP contribution is -2.15. The summed E-state index contributed by atoms with van der Waals surface area (Å²) in [6.07, 6.45) is 3.95. The number of esters is 1. The van der Waals surface area contributed by atoms with Crippen LogP contribution in [0.3, 0.4) is 0 Å². The van der Waals surface area contributed by atoms with Crippen LogP contribution in [0, 0.1) is 0 Å². The van der Waals surface area contributed by atoms with Gasteiger partial charge in [-0.25, -0.2) is 4.79 Å². The van der Waals surface area contributed by atoms with Gasteiger partial charge in [0.15, 0.2) is 0 Å². The van der Waals surface area contributed by atoms with E-state index in [0.717, 1.165) is 5.56 Å². The van der Waals surface area contributed by atoms with E-state index in [1.165, 1.54) is 18.2 Å². The van der Waals surface area contributed by atoms with Gasteiger partial charge in [0.1, 0.15) is 5.75 Å². The molecule has 1 aromatic carbocycles. The Labute approximate surface area is 116 Å². The molecule has 1 rings (SSSR count). The molecule has 0 amide bonds. The topological polar surface area (TPSA) is 99.5 Å². The molecular formula is C13H17NO6. The first kappa shape index (κ1) is 16.1. The predicted octanol–water partition coefficient (Wildman–Crippen LogP) is 1.74. The minimum absolute atomic E-state index is 0.119. The number of unbranched alkanes of at least 4 members (excludes halogenated alkanes) is 1. The second-order valence-electron chi connectivity index (χ2n) is 3.89. The summed E-state index contributed by atoms with van der Waals surface area (Å²) < 4.78 is 4.93. The van der Waals surface area contributed by atoms with Crippen molar-refractivity contribution in [3.8, 4) is 5.75 Å². The monoisotopic (exact) mass is 283 g/mol. The van der Waals surface area contributed by atoms with Gasteiger partial charge in [0.25, 0.3) is 0 Å². The summed E-state index contributed by atoms with van der Waals surface area (Å²) in [7, 11) is 0. The molecular weight excluding hydrogens is 266 g/mol. The molecule has 3 N–H and O–H groups in total. The van der Waals surface area contributed by atoms with Crippen LogP contribution >= 0.6 is 0 Å². The van der Waals surface area contributed by atoms with E-state index in [-0.39, 0.29) is 24.4 Å². The highest BCUT2D eigenvalue weighted by atomic mass is 17.1. The van der Waals surface area contributed by atoms with Crippen LogP contribution in [-0.2, 0) is 14.4 Å². The van der Waals surface area contributed by atoms with Gasteiger partial charge in [-0.05, 0) is 36.6 Å². The number of rotatable bonds is 8. The Morgan fingerprint density at radius 2 is 1.80 bits per heavy atom. The molecule has 0 atom stereocenters. The highest BCUT2D eigenvalue weighted by Crippen LogP contribution is 2.10. The summed E-state index contributed by atoms with van der Waals surface area (Å²) in [4.78, 5) is 15.7. The molecule has 0 saturated carbocycles. The van der Waals surface area contributed by atoms with Crippen molar-refractivity contribution in [1.29, 1.82) is 0 Å². The lowest BCUT2D eigenvalue weighted by atomic mass is 10.2. The molecule has 0 aliphatic carbocycles. The van der Waals surface area contributed by atoms with Crippen molar-refractivity contribution in [2.24, 2.45) is 0 Å². The first-order valence-corrected chi connectivity index (χ1v) is 6.02. The molecule has 7 nitrogen and oxygen atoms in total. The fourth-order valence-corrected chi connectivity index (χ4v) is 1.32. The molecule has 0 radical (unpaired) electrons. The molecule has 110 valence electrons. The minimum atomic E-state index is -0.468. The Morgan fingerprint density at radius 3 is 2.45 bits per heavy atom. The van der Waals surface area contributed by atoms with E-state index in [4.69, 9.17) is 20.3 Å². The van der Waals surface area contributed by atoms with Gasteiger partial charge in [0, 0.05) is 6.08 Å². The second kappa shape index (κ2) is 9.05. The van der Waals surface area contributed by atoms with Gasteiger partial charge in [-0.15, -0.1) is 0 Å². The lowest BCUT2D eigenvalue weighted by Gasteiger charge is -2.05. The fourth-order valence-electron chi connectivity index (χ4n) is 1.32. The Bertz CT molecular complexity index is 429. The van der Waals surface area contributed by atoms with E-state index >= 15 is 0 Å². The molecule has 0 fully saturated rings. The van der Waals surface area contributed by atoms with E-state index in [1.54, 1.807) is 18.2 Å². The Morgan fingerprint density at radius 1 is 1.15 bits per heavy atom. The van der Waals surface area contributed by atoms with Crippen molar-refractivity contribution in [1.82, 2.24) is 5.39 Å². The molecule has 20 heavy (non-hydrogen) atoms. The van der Waals surface area contributed by atoms with Crippen LogP contribution in [0.1, 0.15) is 18.4 Å². The van der Waals surface area contributed by atoms with Crippen LogP contribution in [0.25, 0.3) is 6.08 Å². The second-order valence-corrected chi connectivity index (χ2v) is 3.89. The molecule has 0 bridgehead atoms. The minimum Gasteiger partial charge on any atom is -0.508 e. The van der Waals surface area contributed by atoms with E-state index in [9.17, 15) is 4.79 Å². The zero-order valence-corrected chi connectivity index (χ0v) is 10.8. The van der Waals surface area contributed by atoms with Crippen molar-refractivity contribution in [3.63, 3.8) is 0 Å². The van der Waals surface area contributed by atoms with Gasteiger partial charge < -0.3 is 9.84 Å². The van der Waals surface area contributed by atoms with Crippen LogP contribution in [0.2, 0.25) is 0 Å². The standard InChI is InChI=1S/C13H17NO6/c15-12-6-3-11(4-7-12)5-8-13(16)19-9-1-2-10-20-14(17)18/h3-8,15,17-18H,1-2,9-10H2/b8-5+. The number of benzene rings is 1. The molecule has 0 saturated heterocycles. The summed E-state index contributed by atoms with van der Waals surface area (Å²) in [5, 5.41) is 25.2.